The summed E-state index contributed by atoms with van der Waals surface area (Å²) < 4.78 is 1.99. The quantitative estimate of drug-likeness (QED) is 0.401. The molecule has 148 valence electrons. The molecule has 1 saturated heterocycles. The number of hydrogen-bond donors (Lipinski definition) is 1. The Balaban J connectivity index is 0.00000261. The van der Waals surface area contributed by atoms with Crippen molar-refractivity contribution in [3.63, 3.8) is 0 Å². The molecular formula is C21H32IN5. The average Bonchev–Trinajstić information content (AvgIpc) is 3.16. The van der Waals surface area contributed by atoms with E-state index < -0.39 is 0 Å². The Morgan fingerprint density at radius 2 is 2.07 bits per heavy atom. The van der Waals surface area contributed by atoms with E-state index in [2.05, 4.69) is 64.5 Å². The molecule has 2 heterocycles. The van der Waals surface area contributed by atoms with Gasteiger partial charge in [-0.3, -0.25) is 9.67 Å². The van der Waals surface area contributed by atoms with Gasteiger partial charge < -0.3 is 10.2 Å². The van der Waals surface area contributed by atoms with Crippen molar-refractivity contribution in [2.75, 3.05) is 26.7 Å². The second-order valence-corrected chi connectivity index (χ2v) is 7.49. The topological polar surface area (TPSA) is 45.5 Å². The van der Waals surface area contributed by atoms with Gasteiger partial charge in [0.2, 0.25) is 0 Å². The Kier molecular flexibility index (Phi) is 8.60. The van der Waals surface area contributed by atoms with Gasteiger partial charge >= 0.3 is 0 Å². The van der Waals surface area contributed by atoms with E-state index in [1.807, 2.05) is 30.2 Å². The van der Waals surface area contributed by atoms with E-state index in [-0.39, 0.29) is 24.0 Å². The molecule has 1 aromatic carbocycles. The fourth-order valence-corrected chi connectivity index (χ4v) is 3.92. The lowest BCUT2D eigenvalue weighted by Crippen LogP contribution is -2.49. The van der Waals surface area contributed by atoms with Crippen molar-refractivity contribution in [2.45, 2.75) is 32.7 Å². The fourth-order valence-electron chi connectivity index (χ4n) is 3.92. The second-order valence-electron chi connectivity index (χ2n) is 7.49. The van der Waals surface area contributed by atoms with Gasteiger partial charge in [0.05, 0.1) is 0 Å². The highest BCUT2D eigenvalue weighted by Crippen LogP contribution is 2.32. The molecule has 0 bridgehead atoms. The standard InChI is InChI=1S/C21H31N5.HI/c1-17(15-26-12-7-11-24-26)14-23-21(22-3)25-13-10-20(18(2)16-25)19-8-5-4-6-9-19;/h4-9,11-12,17-18,20H,10,13-16H2,1-3H3,(H,22,23);1H. The van der Waals surface area contributed by atoms with Crippen molar-refractivity contribution in [1.82, 2.24) is 20.0 Å². The third-order valence-corrected chi connectivity index (χ3v) is 5.31. The van der Waals surface area contributed by atoms with Gasteiger partial charge in [-0.05, 0) is 35.8 Å². The Labute approximate surface area is 180 Å². The van der Waals surface area contributed by atoms with Crippen LogP contribution in [0.5, 0.6) is 0 Å². The van der Waals surface area contributed by atoms with Crippen molar-refractivity contribution in [3.05, 3.63) is 54.4 Å². The lowest BCUT2D eigenvalue weighted by atomic mass is 9.82. The van der Waals surface area contributed by atoms with Crippen LogP contribution in [0.15, 0.2) is 53.8 Å². The first-order valence-electron chi connectivity index (χ1n) is 9.65. The summed E-state index contributed by atoms with van der Waals surface area (Å²) in [6.07, 6.45) is 5.02. The maximum absolute atomic E-state index is 4.52. The van der Waals surface area contributed by atoms with E-state index in [0.717, 1.165) is 32.1 Å². The van der Waals surface area contributed by atoms with Gasteiger partial charge in [0.1, 0.15) is 0 Å². The predicted molar refractivity (Wildman–Crippen MR) is 123 cm³/mol. The highest BCUT2D eigenvalue weighted by atomic mass is 127. The summed E-state index contributed by atoms with van der Waals surface area (Å²) in [6, 6.07) is 12.9. The number of aliphatic imine (C=N–C) groups is 1. The van der Waals surface area contributed by atoms with Crippen LogP contribution < -0.4 is 5.32 Å². The molecule has 1 aliphatic heterocycles. The van der Waals surface area contributed by atoms with Crippen LogP contribution in [0.4, 0.5) is 0 Å². The molecule has 1 aliphatic rings. The molecule has 2 aromatic rings. The normalized spacial score (nSPS) is 21.4. The zero-order valence-corrected chi connectivity index (χ0v) is 18.9. The molecule has 1 aromatic heterocycles. The van der Waals surface area contributed by atoms with Crippen molar-refractivity contribution in [1.29, 1.82) is 0 Å². The highest BCUT2D eigenvalue weighted by Gasteiger charge is 2.28. The number of piperidine rings is 1. The largest absolute Gasteiger partial charge is 0.356 e. The third-order valence-electron chi connectivity index (χ3n) is 5.31. The van der Waals surface area contributed by atoms with E-state index >= 15 is 0 Å². The van der Waals surface area contributed by atoms with Crippen LogP contribution in [0.3, 0.4) is 0 Å². The van der Waals surface area contributed by atoms with Crippen molar-refractivity contribution in [3.8, 4) is 0 Å². The third kappa shape index (κ3) is 5.96. The molecule has 6 heteroatoms. The fraction of sp³-hybridized carbons (Fsp3) is 0.524. The maximum atomic E-state index is 4.52. The second kappa shape index (κ2) is 10.7. The molecule has 27 heavy (non-hydrogen) atoms. The molecule has 1 fully saturated rings. The number of nitrogens with zero attached hydrogens (tertiary/aromatic N) is 4. The molecule has 3 atom stereocenters. The van der Waals surface area contributed by atoms with E-state index in [1.165, 1.54) is 12.0 Å². The van der Waals surface area contributed by atoms with Crippen molar-refractivity contribution < 1.29 is 0 Å². The SMILES string of the molecule is CN=C(NCC(C)Cn1cccn1)N1CCC(c2ccccc2)C(C)C1.I. The zero-order valence-electron chi connectivity index (χ0n) is 16.6. The summed E-state index contributed by atoms with van der Waals surface area (Å²) in [5.74, 6) is 2.78. The first kappa shape index (κ1) is 21.7. The van der Waals surface area contributed by atoms with Gasteiger partial charge in [-0.2, -0.15) is 5.10 Å². The van der Waals surface area contributed by atoms with Crippen LogP contribution in [0.25, 0.3) is 0 Å². The van der Waals surface area contributed by atoms with Gasteiger partial charge in [0, 0.05) is 45.6 Å². The van der Waals surface area contributed by atoms with Crippen molar-refractivity contribution in [2.24, 2.45) is 16.8 Å². The molecule has 1 N–H and O–H groups in total. The number of rotatable bonds is 5. The van der Waals surface area contributed by atoms with Crippen LogP contribution in [0.1, 0.15) is 31.7 Å². The summed E-state index contributed by atoms with van der Waals surface area (Å²) in [5, 5.41) is 7.85. The number of aromatic nitrogens is 2. The first-order chi connectivity index (χ1) is 12.7. The summed E-state index contributed by atoms with van der Waals surface area (Å²) in [4.78, 5) is 6.93. The van der Waals surface area contributed by atoms with Crippen LogP contribution in [0.2, 0.25) is 0 Å². The summed E-state index contributed by atoms with van der Waals surface area (Å²) in [7, 11) is 1.88. The van der Waals surface area contributed by atoms with Crippen LogP contribution in [-0.4, -0.2) is 47.3 Å². The molecule has 0 aliphatic carbocycles. The Morgan fingerprint density at radius 3 is 2.70 bits per heavy atom. The molecule has 0 radical (unpaired) electrons. The predicted octanol–water partition coefficient (Wildman–Crippen LogP) is 3.84. The minimum Gasteiger partial charge on any atom is -0.356 e. The number of halogens is 1. The molecule has 3 rings (SSSR count). The monoisotopic (exact) mass is 481 g/mol. The van der Waals surface area contributed by atoms with Gasteiger partial charge in [-0.15, -0.1) is 24.0 Å². The first-order valence-corrected chi connectivity index (χ1v) is 9.65. The van der Waals surface area contributed by atoms with Crippen LogP contribution in [0, 0.1) is 11.8 Å². The van der Waals surface area contributed by atoms with Crippen LogP contribution in [-0.2, 0) is 6.54 Å². The molecule has 0 amide bonds. The molecule has 0 saturated carbocycles. The van der Waals surface area contributed by atoms with Gasteiger partial charge in [-0.1, -0.05) is 44.2 Å². The average molecular weight is 481 g/mol. The summed E-state index contributed by atoms with van der Waals surface area (Å²) >= 11 is 0. The molecule has 3 unspecified atom stereocenters. The summed E-state index contributed by atoms with van der Waals surface area (Å²) in [6.45, 7) is 8.52. The smallest absolute Gasteiger partial charge is 0.193 e. The van der Waals surface area contributed by atoms with Crippen molar-refractivity contribution >= 4 is 29.9 Å². The lowest BCUT2D eigenvalue weighted by molar-refractivity contribution is 0.233. The Hall–Kier alpha value is -1.57. The number of guanidine groups is 1. The van der Waals surface area contributed by atoms with E-state index in [9.17, 15) is 0 Å². The number of nitrogens with one attached hydrogen (secondary N) is 1. The Bertz CT molecular complexity index is 686. The molecule has 5 nitrogen and oxygen atoms in total. The Morgan fingerprint density at radius 1 is 1.30 bits per heavy atom. The number of hydrogen-bond acceptors (Lipinski definition) is 2. The number of likely N-dealkylation sites (tertiary alicyclic amines) is 1. The van der Waals surface area contributed by atoms with Gasteiger partial charge in [-0.25, -0.2) is 0 Å². The summed E-state index contributed by atoms with van der Waals surface area (Å²) in [5.41, 5.74) is 1.47. The minimum absolute atomic E-state index is 0. The highest BCUT2D eigenvalue weighted by molar-refractivity contribution is 14.0. The van der Waals surface area contributed by atoms with Crippen LogP contribution >= 0.6 is 24.0 Å². The maximum Gasteiger partial charge on any atom is 0.193 e. The zero-order chi connectivity index (χ0) is 18.4. The van der Waals surface area contributed by atoms with E-state index in [1.54, 1.807) is 0 Å². The van der Waals surface area contributed by atoms with E-state index in [4.69, 9.17) is 0 Å². The number of benzene rings is 1. The van der Waals surface area contributed by atoms with E-state index in [0.29, 0.717) is 17.8 Å². The van der Waals surface area contributed by atoms with Gasteiger partial charge in [0.15, 0.2) is 5.96 Å². The minimum atomic E-state index is 0. The molecule has 0 spiro atoms. The van der Waals surface area contributed by atoms with Gasteiger partial charge in [0.25, 0.3) is 0 Å². The lowest BCUT2D eigenvalue weighted by Gasteiger charge is -2.39. The molecular weight excluding hydrogens is 449 g/mol.